The fourth-order valence-corrected chi connectivity index (χ4v) is 5.83. The summed E-state index contributed by atoms with van der Waals surface area (Å²) in [5.74, 6) is 0.905. The van der Waals surface area contributed by atoms with E-state index in [9.17, 15) is 8.42 Å². The second-order valence-corrected chi connectivity index (χ2v) is 10.4. The molecule has 0 spiro atoms. The number of nitrogens with zero attached hydrogens (tertiary/aromatic N) is 7. The van der Waals surface area contributed by atoms with E-state index in [1.807, 2.05) is 33.7 Å². The minimum absolute atomic E-state index is 0.119. The van der Waals surface area contributed by atoms with Crippen LogP contribution in [0.1, 0.15) is 5.69 Å². The Bertz CT molecular complexity index is 1460. The van der Waals surface area contributed by atoms with Gasteiger partial charge in [-0.05, 0) is 6.07 Å². The van der Waals surface area contributed by atoms with E-state index < -0.39 is 10.7 Å². The number of morpholine rings is 1. The fraction of sp³-hybridized carbons (Fsp3) is 0.435. The molecule has 2 aliphatic rings. The summed E-state index contributed by atoms with van der Waals surface area (Å²) in [7, 11) is -2.39. The molecule has 0 amide bonds. The molecule has 11 nitrogen and oxygen atoms in total. The number of hydrogen-bond acceptors (Lipinski definition) is 9. The lowest BCUT2D eigenvalue weighted by Crippen LogP contribution is -2.46. The number of H-pyrrole nitrogens is 1. The Morgan fingerprint density at radius 2 is 1.81 bits per heavy atom. The minimum Gasteiger partial charge on any atom is -0.378 e. The van der Waals surface area contributed by atoms with Crippen molar-refractivity contribution in [1.29, 1.82) is 0 Å². The lowest BCUT2D eigenvalue weighted by Gasteiger charge is -2.32. The van der Waals surface area contributed by atoms with Gasteiger partial charge in [0.15, 0.2) is 22.2 Å². The number of fused-ring (bicyclic) bond motifs is 2. The monoisotopic (exact) mass is 530 g/mol. The van der Waals surface area contributed by atoms with Crippen LogP contribution in [0.2, 0.25) is 5.15 Å². The minimum atomic E-state index is -2.39. The van der Waals surface area contributed by atoms with Gasteiger partial charge in [0.25, 0.3) is 0 Å². The molecular weight excluding hydrogens is 504 g/mol. The molecule has 0 radical (unpaired) electrons. The number of halogens is 1. The molecule has 0 bridgehead atoms. The van der Waals surface area contributed by atoms with Crippen LogP contribution in [-0.2, 0) is 22.0 Å². The van der Waals surface area contributed by atoms with Crippen LogP contribution in [0.25, 0.3) is 27.8 Å². The summed E-state index contributed by atoms with van der Waals surface area (Å²) in [5.41, 5.74) is 4.13. The van der Waals surface area contributed by atoms with Crippen molar-refractivity contribution in [2.75, 3.05) is 63.3 Å². The molecule has 6 rings (SSSR count). The lowest BCUT2D eigenvalue weighted by atomic mass is 10.1. The number of ether oxygens (including phenoxy) is 1. The van der Waals surface area contributed by atoms with Crippen molar-refractivity contribution in [2.24, 2.45) is 0 Å². The van der Waals surface area contributed by atoms with Gasteiger partial charge in [0.1, 0.15) is 10.8 Å². The van der Waals surface area contributed by atoms with E-state index >= 15 is 0 Å². The Morgan fingerprint density at radius 3 is 2.58 bits per heavy atom. The van der Waals surface area contributed by atoms with E-state index in [0.29, 0.717) is 30.6 Å². The van der Waals surface area contributed by atoms with E-state index in [4.69, 9.17) is 26.3 Å². The molecule has 0 atom stereocenters. The summed E-state index contributed by atoms with van der Waals surface area (Å²) in [5, 5.41) is 8.67. The molecule has 2 aliphatic heterocycles. The van der Waals surface area contributed by atoms with Gasteiger partial charge >= 0.3 is 0 Å². The highest BCUT2D eigenvalue weighted by Crippen LogP contribution is 2.35. The van der Waals surface area contributed by atoms with Gasteiger partial charge in [-0.25, -0.2) is 18.4 Å². The van der Waals surface area contributed by atoms with Gasteiger partial charge in [-0.15, -0.1) is 0 Å². The number of thiol groups is 1. The van der Waals surface area contributed by atoms with Crippen LogP contribution < -0.4 is 4.90 Å². The Hall–Kier alpha value is -2.77. The molecule has 2 fully saturated rings. The summed E-state index contributed by atoms with van der Waals surface area (Å²) in [6.45, 7) is 6.39. The van der Waals surface area contributed by atoms with Gasteiger partial charge < -0.3 is 9.64 Å². The van der Waals surface area contributed by atoms with Gasteiger partial charge in [0.05, 0.1) is 36.5 Å². The zero-order valence-electron chi connectivity index (χ0n) is 19.6. The molecule has 36 heavy (non-hydrogen) atoms. The van der Waals surface area contributed by atoms with Crippen molar-refractivity contribution in [3.05, 3.63) is 41.4 Å². The summed E-state index contributed by atoms with van der Waals surface area (Å²) in [4.78, 5) is 16.5. The first-order valence-electron chi connectivity index (χ1n) is 12.0. The van der Waals surface area contributed by atoms with Crippen molar-refractivity contribution >= 4 is 44.7 Å². The number of aromatic amines is 1. The van der Waals surface area contributed by atoms with Crippen molar-refractivity contribution in [3.8, 4) is 11.3 Å². The largest absolute Gasteiger partial charge is 0.378 e. The number of benzene rings is 1. The predicted octanol–water partition coefficient (Wildman–Crippen LogP) is 1.45. The number of imidazole rings is 1. The molecular formula is C23H27ClN8O3S. The van der Waals surface area contributed by atoms with Gasteiger partial charge in [-0.3, -0.25) is 19.3 Å². The maximum atomic E-state index is 11.1. The predicted molar refractivity (Wildman–Crippen MR) is 138 cm³/mol. The Labute approximate surface area is 214 Å². The summed E-state index contributed by atoms with van der Waals surface area (Å²) >= 11 is 6.99. The molecule has 1 N–H and O–H groups in total. The van der Waals surface area contributed by atoms with Gasteiger partial charge in [0.2, 0.25) is 0 Å². The molecule has 0 unspecified atom stereocenters. The first-order valence-corrected chi connectivity index (χ1v) is 13.7. The summed E-state index contributed by atoms with van der Waals surface area (Å²) < 4.78 is 29.6. The van der Waals surface area contributed by atoms with Gasteiger partial charge in [-0.2, -0.15) is 5.10 Å². The number of piperazine rings is 1. The first-order chi connectivity index (χ1) is 17.6. The molecule has 2 saturated heterocycles. The average molecular weight is 531 g/mol. The van der Waals surface area contributed by atoms with E-state index in [0.717, 1.165) is 72.9 Å². The standard InChI is InChI=1S/C23H27ClN8O3S/c24-21-20(17-2-1-3-19-18(17)12-25-28-19)27-22(31-8-10-35-11-9-31)23-26-16(14-32(21)23)13-29-4-6-30(7-5-29)15-36(33)34/h1-3,12,14,36H,4-11,13,15H2,(H,25,28). The van der Waals surface area contributed by atoms with Crippen molar-refractivity contribution < 1.29 is 13.2 Å². The quantitative estimate of drug-likeness (QED) is 0.358. The third-order valence-corrected chi connectivity index (χ3v) is 7.79. The van der Waals surface area contributed by atoms with Crippen LogP contribution in [-0.4, -0.2) is 101 Å². The van der Waals surface area contributed by atoms with Crippen LogP contribution >= 0.6 is 11.6 Å². The van der Waals surface area contributed by atoms with E-state index in [1.54, 1.807) is 6.20 Å². The molecule has 0 aliphatic carbocycles. The van der Waals surface area contributed by atoms with Crippen molar-refractivity contribution in [3.63, 3.8) is 0 Å². The number of aromatic nitrogens is 5. The topological polar surface area (TPSA) is 112 Å². The van der Waals surface area contributed by atoms with E-state index in [1.165, 1.54) is 0 Å². The fourth-order valence-electron chi connectivity index (χ4n) is 4.94. The molecule has 5 heterocycles. The van der Waals surface area contributed by atoms with Crippen LogP contribution in [0.15, 0.2) is 30.6 Å². The maximum absolute atomic E-state index is 11.1. The Morgan fingerprint density at radius 1 is 1.03 bits per heavy atom. The SMILES string of the molecule is O=[SH](=O)CN1CCN(Cc2cn3c(Cl)c(-c4cccc5[nH]ncc45)nc(N4CCOCC4)c3n2)CC1. The van der Waals surface area contributed by atoms with Crippen molar-refractivity contribution in [2.45, 2.75) is 6.54 Å². The number of nitrogens with one attached hydrogen (secondary N) is 1. The lowest BCUT2D eigenvalue weighted by molar-refractivity contribution is 0.122. The zero-order valence-corrected chi connectivity index (χ0v) is 21.3. The van der Waals surface area contributed by atoms with E-state index in [-0.39, 0.29) is 5.88 Å². The third kappa shape index (κ3) is 4.55. The van der Waals surface area contributed by atoms with Crippen LogP contribution in [0, 0.1) is 0 Å². The normalized spacial score (nSPS) is 18.1. The molecule has 4 aromatic rings. The molecule has 1 aromatic carbocycles. The number of rotatable bonds is 6. The zero-order chi connectivity index (χ0) is 24.6. The first kappa shape index (κ1) is 23.6. The smallest absolute Gasteiger partial charge is 0.181 e. The highest BCUT2D eigenvalue weighted by atomic mass is 35.5. The molecule has 13 heteroatoms. The van der Waals surface area contributed by atoms with Crippen LogP contribution in [0.3, 0.4) is 0 Å². The van der Waals surface area contributed by atoms with Gasteiger partial charge in [-0.1, -0.05) is 23.7 Å². The number of anilines is 1. The molecule has 0 saturated carbocycles. The Kier molecular flexibility index (Phi) is 6.52. The highest BCUT2D eigenvalue weighted by Gasteiger charge is 2.24. The third-order valence-electron chi connectivity index (χ3n) is 6.80. The van der Waals surface area contributed by atoms with Crippen LogP contribution in [0.4, 0.5) is 5.82 Å². The second-order valence-electron chi connectivity index (χ2n) is 9.11. The Balaban J connectivity index is 1.38. The summed E-state index contributed by atoms with van der Waals surface area (Å²) in [6.07, 6.45) is 3.78. The van der Waals surface area contributed by atoms with Gasteiger partial charge in [0, 0.05) is 63.0 Å². The number of hydrogen-bond donors (Lipinski definition) is 2. The van der Waals surface area contributed by atoms with E-state index in [2.05, 4.69) is 20.0 Å². The second kappa shape index (κ2) is 9.94. The van der Waals surface area contributed by atoms with Crippen LogP contribution in [0.5, 0.6) is 0 Å². The maximum Gasteiger partial charge on any atom is 0.181 e. The molecule has 3 aromatic heterocycles. The summed E-state index contributed by atoms with van der Waals surface area (Å²) in [6, 6.07) is 5.95. The van der Waals surface area contributed by atoms with Crippen molar-refractivity contribution in [1.82, 2.24) is 34.4 Å². The average Bonchev–Trinajstić information content (AvgIpc) is 3.53. The molecule has 190 valence electrons. The highest BCUT2D eigenvalue weighted by molar-refractivity contribution is 7.72.